The van der Waals surface area contributed by atoms with Gasteiger partial charge in [0.2, 0.25) is 15.9 Å². The Morgan fingerprint density at radius 2 is 1.68 bits per heavy atom. The summed E-state index contributed by atoms with van der Waals surface area (Å²) < 4.78 is 26.9. The number of amides is 1. The lowest BCUT2D eigenvalue weighted by molar-refractivity contribution is -0.115. The minimum atomic E-state index is -3.72. The van der Waals surface area contributed by atoms with Crippen molar-refractivity contribution in [1.82, 2.24) is 10.0 Å². The molecule has 1 saturated carbocycles. The largest absolute Gasteiger partial charge is 0.325 e. The molecule has 0 spiro atoms. The van der Waals surface area contributed by atoms with Crippen LogP contribution in [0.25, 0.3) is 0 Å². The van der Waals surface area contributed by atoms with Gasteiger partial charge < -0.3 is 10.6 Å². The average Bonchev–Trinajstić information content (AvgIpc) is 2.78. The minimum Gasteiger partial charge on any atom is -0.325 e. The van der Waals surface area contributed by atoms with Crippen molar-refractivity contribution in [1.29, 1.82) is 0 Å². The number of nitrogens with one attached hydrogen (secondary N) is 3. The number of para-hydroxylation sites is 1. The number of carbonyl (C=O) groups excluding carboxylic acids is 1. The van der Waals surface area contributed by atoms with Crippen molar-refractivity contribution in [3.8, 4) is 0 Å². The Hall–Kier alpha value is -2.22. The van der Waals surface area contributed by atoms with Crippen molar-refractivity contribution < 1.29 is 13.2 Å². The van der Waals surface area contributed by atoms with Gasteiger partial charge in [-0.15, -0.1) is 0 Å². The molecule has 1 atom stereocenters. The Kier molecular flexibility index (Phi) is 8.63. The van der Waals surface area contributed by atoms with Gasteiger partial charge in [-0.1, -0.05) is 68.5 Å². The maximum Gasteiger partial charge on any atom is 0.241 e. The summed E-state index contributed by atoms with van der Waals surface area (Å²) in [5, 5.41) is 6.41. The highest BCUT2D eigenvalue weighted by Crippen LogP contribution is 2.27. The Morgan fingerprint density at radius 3 is 2.42 bits per heavy atom. The first kappa shape index (κ1) is 23.4. The monoisotopic (exact) mass is 443 g/mol. The summed E-state index contributed by atoms with van der Waals surface area (Å²) in [7, 11) is -3.72. The van der Waals surface area contributed by atoms with Crippen molar-refractivity contribution in [3.63, 3.8) is 0 Å². The predicted octanol–water partition coefficient (Wildman–Crippen LogP) is 4.05. The van der Waals surface area contributed by atoms with Crippen LogP contribution in [0.2, 0.25) is 0 Å². The fraction of sp³-hybridized carbons (Fsp3) is 0.458. The highest BCUT2D eigenvalue weighted by Gasteiger charge is 2.17. The molecule has 2 aromatic carbocycles. The summed E-state index contributed by atoms with van der Waals surface area (Å²) in [6.45, 7) is 2.55. The molecule has 1 aliphatic carbocycles. The Bertz CT molecular complexity index is 942. The third-order valence-electron chi connectivity index (χ3n) is 5.82. The SMILES string of the molecule is CC(CC1CCCCC1)NCc1ccccc1NC(=O)CNS(=O)(=O)c1ccccc1. The molecular weight excluding hydrogens is 410 g/mol. The lowest BCUT2D eigenvalue weighted by Crippen LogP contribution is -2.33. The second-order valence-electron chi connectivity index (χ2n) is 8.36. The van der Waals surface area contributed by atoms with Gasteiger partial charge in [0.05, 0.1) is 11.4 Å². The summed E-state index contributed by atoms with van der Waals surface area (Å²) in [4.78, 5) is 12.5. The zero-order valence-electron chi connectivity index (χ0n) is 18.1. The number of carbonyl (C=O) groups is 1. The van der Waals surface area contributed by atoms with E-state index in [1.54, 1.807) is 18.2 Å². The summed E-state index contributed by atoms with van der Waals surface area (Å²) in [5.74, 6) is 0.408. The van der Waals surface area contributed by atoms with Crippen LogP contribution in [0.4, 0.5) is 5.69 Å². The van der Waals surface area contributed by atoms with Crippen LogP contribution in [0.15, 0.2) is 59.5 Å². The first-order chi connectivity index (χ1) is 14.9. The minimum absolute atomic E-state index is 0.138. The van der Waals surface area contributed by atoms with Crippen molar-refractivity contribution in [2.45, 2.75) is 62.9 Å². The topological polar surface area (TPSA) is 87.3 Å². The van der Waals surface area contributed by atoms with Crippen molar-refractivity contribution in [2.24, 2.45) is 5.92 Å². The van der Waals surface area contributed by atoms with Gasteiger partial charge in [0.15, 0.2) is 0 Å². The molecule has 0 aromatic heterocycles. The molecule has 3 N–H and O–H groups in total. The highest BCUT2D eigenvalue weighted by atomic mass is 32.2. The number of hydrogen-bond donors (Lipinski definition) is 3. The molecule has 0 heterocycles. The molecule has 168 valence electrons. The number of anilines is 1. The Labute approximate surface area is 185 Å². The molecule has 7 heteroatoms. The summed E-state index contributed by atoms with van der Waals surface area (Å²) in [6.07, 6.45) is 7.90. The van der Waals surface area contributed by atoms with Crippen molar-refractivity contribution >= 4 is 21.6 Å². The summed E-state index contributed by atoms with van der Waals surface area (Å²) >= 11 is 0. The molecule has 0 bridgehead atoms. The number of benzene rings is 2. The molecule has 31 heavy (non-hydrogen) atoms. The second-order valence-corrected chi connectivity index (χ2v) is 10.1. The van der Waals surface area contributed by atoms with Crippen LogP contribution in [0.5, 0.6) is 0 Å². The van der Waals surface area contributed by atoms with Gasteiger partial charge in [0.1, 0.15) is 0 Å². The maximum atomic E-state index is 12.4. The third-order valence-corrected chi connectivity index (χ3v) is 7.24. The Morgan fingerprint density at radius 1 is 1.00 bits per heavy atom. The third kappa shape index (κ3) is 7.45. The van der Waals surface area contributed by atoms with E-state index in [0.29, 0.717) is 18.3 Å². The van der Waals surface area contributed by atoms with E-state index >= 15 is 0 Å². The van der Waals surface area contributed by atoms with Crippen LogP contribution in [-0.2, 0) is 21.4 Å². The van der Waals surface area contributed by atoms with E-state index in [-0.39, 0.29) is 11.4 Å². The fourth-order valence-corrected chi connectivity index (χ4v) is 5.13. The van der Waals surface area contributed by atoms with Crippen LogP contribution in [-0.4, -0.2) is 26.9 Å². The molecule has 1 amide bonds. The molecular formula is C24H33N3O3S. The van der Waals surface area contributed by atoms with E-state index < -0.39 is 15.9 Å². The van der Waals surface area contributed by atoms with Gasteiger partial charge in [-0.25, -0.2) is 13.1 Å². The van der Waals surface area contributed by atoms with E-state index in [0.717, 1.165) is 11.5 Å². The zero-order chi connectivity index (χ0) is 22.1. The predicted molar refractivity (Wildman–Crippen MR) is 124 cm³/mol. The summed E-state index contributed by atoms with van der Waals surface area (Å²) in [5.41, 5.74) is 1.68. The Balaban J connectivity index is 1.50. The van der Waals surface area contributed by atoms with E-state index in [1.165, 1.54) is 50.7 Å². The smallest absolute Gasteiger partial charge is 0.241 e. The molecule has 0 saturated heterocycles. The van der Waals surface area contributed by atoms with Crippen LogP contribution in [0.1, 0.15) is 51.0 Å². The van der Waals surface area contributed by atoms with Gasteiger partial charge in [-0.2, -0.15) is 0 Å². The van der Waals surface area contributed by atoms with E-state index in [1.807, 2.05) is 24.3 Å². The lowest BCUT2D eigenvalue weighted by Gasteiger charge is -2.25. The lowest BCUT2D eigenvalue weighted by atomic mass is 9.85. The highest BCUT2D eigenvalue weighted by molar-refractivity contribution is 7.89. The summed E-state index contributed by atoms with van der Waals surface area (Å²) in [6, 6.07) is 16.1. The van der Waals surface area contributed by atoms with Crippen LogP contribution < -0.4 is 15.4 Å². The van der Waals surface area contributed by atoms with E-state index in [9.17, 15) is 13.2 Å². The van der Waals surface area contributed by atoms with Gasteiger partial charge in [-0.3, -0.25) is 4.79 Å². The van der Waals surface area contributed by atoms with Gasteiger partial charge >= 0.3 is 0 Å². The average molecular weight is 444 g/mol. The molecule has 1 aliphatic rings. The zero-order valence-corrected chi connectivity index (χ0v) is 19.0. The standard InChI is InChI=1S/C24H33N3O3S/c1-19(16-20-10-4-2-5-11-20)25-17-21-12-8-9-15-23(21)27-24(28)18-26-31(29,30)22-13-6-3-7-14-22/h3,6-9,12-15,19-20,25-26H,2,4-5,10-11,16-18H2,1H3,(H,27,28). The molecule has 2 aromatic rings. The molecule has 3 rings (SSSR count). The normalized spacial score (nSPS) is 16.0. The van der Waals surface area contributed by atoms with Crippen LogP contribution in [0.3, 0.4) is 0 Å². The number of rotatable bonds is 10. The molecule has 0 aliphatic heterocycles. The van der Waals surface area contributed by atoms with Crippen LogP contribution in [0, 0.1) is 5.92 Å². The van der Waals surface area contributed by atoms with E-state index in [2.05, 4.69) is 22.3 Å². The molecule has 0 radical (unpaired) electrons. The van der Waals surface area contributed by atoms with Crippen molar-refractivity contribution in [3.05, 3.63) is 60.2 Å². The number of hydrogen-bond acceptors (Lipinski definition) is 4. The van der Waals surface area contributed by atoms with Crippen molar-refractivity contribution in [2.75, 3.05) is 11.9 Å². The maximum absolute atomic E-state index is 12.4. The first-order valence-corrected chi connectivity index (χ1v) is 12.6. The quantitative estimate of drug-likeness (QED) is 0.517. The molecule has 6 nitrogen and oxygen atoms in total. The number of sulfonamides is 1. The second kappa shape index (κ2) is 11.4. The van der Waals surface area contributed by atoms with E-state index in [4.69, 9.17) is 0 Å². The van der Waals surface area contributed by atoms with Gasteiger partial charge in [0, 0.05) is 18.3 Å². The molecule has 1 fully saturated rings. The van der Waals surface area contributed by atoms with Crippen LogP contribution >= 0.6 is 0 Å². The first-order valence-electron chi connectivity index (χ1n) is 11.1. The fourth-order valence-electron chi connectivity index (χ4n) is 4.12. The van der Waals surface area contributed by atoms with Gasteiger partial charge in [-0.05, 0) is 43.0 Å². The molecule has 1 unspecified atom stereocenters. The van der Waals surface area contributed by atoms with Gasteiger partial charge in [0.25, 0.3) is 0 Å².